The van der Waals surface area contributed by atoms with Crippen molar-refractivity contribution >= 4 is 68.1 Å². The highest BCUT2D eigenvalue weighted by Crippen LogP contribution is 2.66. The van der Waals surface area contributed by atoms with E-state index in [4.69, 9.17) is 29.5 Å². The third-order valence-electron chi connectivity index (χ3n) is 6.03. The van der Waals surface area contributed by atoms with Gasteiger partial charge in [0.2, 0.25) is 5.95 Å². The van der Waals surface area contributed by atoms with Crippen LogP contribution in [0.15, 0.2) is 35.4 Å². The fourth-order valence-corrected chi connectivity index (χ4v) is 9.46. The smallest absolute Gasteiger partial charge is 0.456 e. The van der Waals surface area contributed by atoms with Gasteiger partial charge in [0.25, 0.3) is 5.56 Å². The van der Waals surface area contributed by atoms with Crippen molar-refractivity contribution in [1.82, 2.24) is 19.5 Å². The number of carbonyl (C=O) groups excluding carboxylic acids is 1. The van der Waals surface area contributed by atoms with Gasteiger partial charge in [0.15, 0.2) is 11.2 Å². The van der Waals surface area contributed by atoms with E-state index in [-0.39, 0.29) is 34.3 Å². The quantitative estimate of drug-likeness (QED) is 0.0783. The number of ether oxygens (including phenoxy) is 2. The summed E-state index contributed by atoms with van der Waals surface area (Å²) in [5.74, 6) is -0.979. The maximum absolute atomic E-state index is 13.5. The number of nitrogens with zero attached hydrogens (tertiary/aromatic N) is 3. The van der Waals surface area contributed by atoms with Gasteiger partial charge in [-0.2, -0.15) is 13.6 Å². The number of nitrogen functional groups attached to an aromatic ring is 1. The number of hydrogen-bond acceptors (Lipinski definition) is 15. The van der Waals surface area contributed by atoms with E-state index in [2.05, 4.69) is 23.6 Å². The summed E-state index contributed by atoms with van der Waals surface area (Å²) in [5.41, 5.74) is 5.92. The molecule has 2 aromatic heterocycles. The number of hydrogen-bond donors (Lipinski definition) is 6. The number of benzene rings is 1. The molecule has 3 aromatic rings. The number of phosphoric acid groups is 3. The van der Waals surface area contributed by atoms with Gasteiger partial charge < -0.3 is 34.8 Å². The standard InChI is InChI=1S/C22H30N5O14P3S2/c1-11(2)45-46-12(3)13-6-4-5-7-14(13)21(29)39-15-8-17(27-10-24-18-19(27)25-22(23)26-20(18)28)38-16(15)9-37-43(33,34)41-44(35,36)40-42(30,31)32/h4-7,10-12,15-17H,8-9H2,1-3H3,(H,33,34)(H,35,36)(H2,30,31,32)(H3,23,25,26,28)/t12?,15-,16?,17-/m1/s1. The number of esters is 1. The number of imidazole rings is 1. The highest BCUT2D eigenvalue weighted by atomic mass is 33.1. The molecule has 4 rings (SSSR count). The predicted molar refractivity (Wildman–Crippen MR) is 165 cm³/mol. The van der Waals surface area contributed by atoms with Crippen LogP contribution in [0.3, 0.4) is 0 Å². The largest absolute Gasteiger partial charge is 0.490 e. The zero-order valence-corrected chi connectivity index (χ0v) is 28.5. The molecule has 1 saturated heterocycles. The molecule has 0 radical (unpaired) electrons. The van der Waals surface area contributed by atoms with Gasteiger partial charge >= 0.3 is 29.4 Å². The van der Waals surface area contributed by atoms with Crippen LogP contribution >= 0.6 is 45.1 Å². The SMILES string of the molecule is CC(C)SSC(C)c1ccccc1C(=O)O[C@@H]1C[C@H](n2cnc3c(=O)[nH]c(N)nc32)OC1COP(=O)(O)OP(=O)(O)OP(=O)(O)O. The molecular formula is C22H30N5O14P3S2. The van der Waals surface area contributed by atoms with Gasteiger partial charge in [0.1, 0.15) is 18.4 Å². The number of nitrogens with one attached hydrogen (secondary N) is 1. The second kappa shape index (κ2) is 14.6. The van der Waals surface area contributed by atoms with Crippen LogP contribution in [0.4, 0.5) is 5.95 Å². The van der Waals surface area contributed by atoms with E-state index in [1.165, 1.54) is 10.9 Å². The van der Waals surface area contributed by atoms with Gasteiger partial charge in [-0.15, -0.1) is 0 Å². The zero-order chi connectivity index (χ0) is 34.0. The number of aromatic amines is 1. The van der Waals surface area contributed by atoms with E-state index < -0.39 is 60.0 Å². The van der Waals surface area contributed by atoms with E-state index in [0.29, 0.717) is 10.8 Å². The first-order valence-electron chi connectivity index (χ1n) is 13.1. The first-order chi connectivity index (χ1) is 21.3. The minimum Gasteiger partial charge on any atom is -0.456 e. The number of fused-ring (bicyclic) bond motifs is 1. The maximum atomic E-state index is 13.5. The van der Waals surface area contributed by atoms with Crippen LogP contribution in [0.5, 0.6) is 0 Å². The summed E-state index contributed by atoms with van der Waals surface area (Å²) in [6.07, 6.45) is -2.47. The fourth-order valence-electron chi connectivity index (χ4n) is 4.25. The van der Waals surface area contributed by atoms with Gasteiger partial charge in [-0.1, -0.05) is 53.6 Å². The van der Waals surface area contributed by atoms with Crippen LogP contribution in [0.25, 0.3) is 11.2 Å². The van der Waals surface area contributed by atoms with Crippen molar-refractivity contribution in [3.05, 3.63) is 52.1 Å². The Kier molecular flexibility index (Phi) is 11.6. The average molecular weight is 746 g/mol. The Morgan fingerprint density at radius 1 is 1.13 bits per heavy atom. The molecule has 254 valence electrons. The van der Waals surface area contributed by atoms with Crippen LogP contribution in [-0.4, -0.2) is 69.1 Å². The van der Waals surface area contributed by atoms with E-state index >= 15 is 0 Å². The summed E-state index contributed by atoms with van der Waals surface area (Å²) in [4.78, 5) is 73.2. The second-order valence-electron chi connectivity index (χ2n) is 9.94. The Balaban J connectivity index is 1.59. The fraction of sp³-hybridized carbons (Fsp3) is 0.455. The average Bonchev–Trinajstić information content (AvgIpc) is 3.52. The normalized spacial score (nSPS) is 22.0. The van der Waals surface area contributed by atoms with Crippen molar-refractivity contribution in [3.63, 3.8) is 0 Å². The van der Waals surface area contributed by atoms with Crippen molar-refractivity contribution < 1.29 is 60.7 Å². The highest BCUT2D eigenvalue weighted by Gasteiger charge is 2.44. The predicted octanol–water partition coefficient (Wildman–Crippen LogP) is 3.41. The van der Waals surface area contributed by atoms with E-state index in [9.17, 15) is 33.1 Å². The zero-order valence-electron chi connectivity index (χ0n) is 24.1. The molecule has 1 fully saturated rings. The van der Waals surface area contributed by atoms with Crippen molar-refractivity contribution in [3.8, 4) is 0 Å². The first-order valence-corrected chi connectivity index (χ1v) is 19.9. The number of phosphoric ester groups is 1. The topological polar surface area (TPSA) is 285 Å². The molecule has 1 aliphatic heterocycles. The number of H-pyrrole nitrogens is 1. The molecular weight excluding hydrogens is 715 g/mol. The van der Waals surface area contributed by atoms with Crippen molar-refractivity contribution in [2.45, 2.75) is 56.1 Å². The van der Waals surface area contributed by atoms with Crippen molar-refractivity contribution in [2.75, 3.05) is 12.3 Å². The lowest BCUT2D eigenvalue weighted by molar-refractivity contribution is -0.0490. The molecule has 1 aliphatic rings. The molecule has 0 bridgehead atoms. The van der Waals surface area contributed by atoms with Gasteiger partial charge in [0.05, 0.1) is 18.5 Å². The number of anilines is 1. The summed E-state index contributed by atoms with van der Waals surface area (Å²) in [6, 6.07) is 6.78. The Morgan fingerprint density at radius 2 is 1.83 bits per heavy atom. The minimum atomic E-state index is -5.79. The van der Waals surface area contributed by atoms with E-state index in [1.807, 2.05) is 20.8 Å². The van der Waals surface area contributed by atoms with Crippen molar-refractivity contribution in [1.29, 1.82) is 0 Å². The van der Waals surface area contributed by atoms with E-state index in [1.54, 1.807) is 45.9 Å². The number of carbonyl (C=O) groups is 1. The molecule has 4 unspecified atom stereocenters. The first kappa shape index (κ1) is 36.7. The molecule has 0 saturated carbocycles. The maximum Gasteiger partial charge on any atom is 0.490 e. The van der Waals surface area contributed by atoms with Gasteiger partial charge in [-0.3, -0.25) is 18.9 Å². The number of aromatic nitrogens is 4. The molecule has 7 N–H and O–H groups in total. The Morgan fingerprint density at radius 3 is 2.50 bits per heavy atom. The molecule has 3 heterocycles. The summed E-state index contributed by atoms with van der Waals surface area (Å²) in [7, 11) is -13.7. The molecule has 0 spiro atoms. The van der Waals surface area contributed by atoms with E-state index in [0.717, 1.165) is 0 Å². The van der Waals surface area contributed by atoms with Gasteiger partial charge in [0, 0.05) is 16.9 Å². The Hall–Kier alpha value is -2.09. The molecule has 6 atom stereocenters. The molecule has 1 aromatic carbocycles. The molecule has 24 heteroatoms. The van der Waals surface area contributed by atoms with Gasteiger partial charge in [-0.25, -0.2) is 23.5 Å². The summed E-state index contributed by atoms with van der Waals surface area (Å²) in [5, 5.41) is 0.214. The lowest BCUT2D eigenvalue weighted by Gasteiger charge is -2.22. The number of nitrogens with two attached hydrogens (primary N) is 1. The van der Waals surface area contributed by atoms with Crippen LogP contribution in [0.2, 0.25) is 0 Å². The summed E-state index contributed by atoms with van der Waals surface area (Å²) >= 11 is 0. The lowest BCUT2D eigenvalue weighted by Crippen LogP contribution is -2.31. The minimum absolute atomic E-state index is 0.0173. The Labute approximate surface area is 268 Å². The number of rotatable bonds is 14. The third-order valence-corrected chi connectivity index (χ3v) is 13.2. The Bertz CT molecular complexity index is 1780. The van der Waals surface area contributed by atoms with Crippen LogP contribution in [0, 0.1) is 0 Å². The van der Waals surface area contributed by atoms with Gasteiger partial charge in [-0.05, 0) is 18.6 Å². The molecule has 0 aliphatic carbocycles. The van der Waals surface area contributed by atoms with Crippen LogP contribution in [-0.2, 0) is 36.3 Å². The lowest BCUT2D eigenvalue weighted by atomic mass is 10.0. The van der Waals surface area contributed by atoms with Crippen LogP contribution in [0.1, 0.15) is 54.6 Å². The van der Waals surface area contributed by atoms with Crippen LogP contribution < -0.4 is 11.3 Å². The van der Waals surface area contributed by atoms with Crippen molar-refractivity contribution in [2.24, 2.45) is 0 Å². The third kappa shape index (κ3) is 9.73. The second-order valence-corrected chi connectivity index (χ2v) is 17.6. The summed E-state index contributed by atoms with van der Waals surface area (Å²) < 4.78 is 60.4. The monoisotopic (exact) mass is 745 g/mol. The summed E-state index contributed by atoms with van der Waals surface area (Å²) in [6.45, 7) is 5.09. The molecule has 19 nitrogen and oxygen atoms in total. The molecule has 46 heavy (non-hydrogen) atoms. The molecule has 0 amide bonds. The highest BCUT2D eigenvalue weighted by molar-refractivity contribution is 8.77.